The van der Waals surface area contributed by atoms with Gasteiger partial charge in [0.2, 0.25) is 5.91 Å². The Hall–Kier alpha value is -1.89. The third-order valence-electron chi connectivity index (χ3n) is 5.06. The molecule has 2 fully saturated rings. The van der Waals surface area contributed by atoms with Gasteiger partial charge >= 0.3 is 6.03 Å². The van der Waals surface area contributed by atoms with Gasteiger partial charge in [-0.05, 0) is 35.2 Å². The molecule has 7 heteroatoms. The Balaban J connectivity index is 1.73. The molecule has 2 aliphatic rings. The Bertz CT molecular complexity index is 625. The second kappa shape index (κ2) is 6.93. The van der Waals surface area contributed by atoms with Crippen LogP contribution in [0.5, 0.6) is 0 Å². The van der Waals surface area contributed by atoms with E-state index in [0.29, 0.717) is 6.54 Å². The predicted octanol–water partition coefficient (Wildman–Crippen LogP) is 2.30. The van der Waals surface area contributed by atoms with Gasteiger partial charge in [-0.2, -0.15) is 11.3 Å². The summed E-state index contributed by atoms with van der Waals surface area (Å²) in [7, 11) is 3.05. The molecule has 1 saturated carbocycles. The molecule has 24 heavy (non-hydrogen) atoms. The molecule has 3 rings (SSSR count). The van der Waals surface area contributed by atoms with Crippen molar-refractivity contribution >= 4 is 29.2 Å². The normalized spacial score (nSPS) is 21.8. The minimum atomic E-state index is -0.679. The Morgan fingerprint density at radius 2 is 2.00 bits per heavy atom. The summed E-state index contributed by atoms with van der Waals surface area (Å²) < 4.78 is 0. The highest BCUT2D eigenvalue weighted by Gasteiger charge is 2.43. The van der Waals surface area contributed by atoms with Gasteiger partial charge in [0, 0.05) is 26.7 Å². The zero-order valence-corrected chi connectivity index (χ0v) is 14.9. The SMILES string of the molecule is CN1C(=O)[C@H](CC(=O)N(Cc2ccsc2)C2CCCC2)N(C)C1=O. The van der Waals surface area contributed by atoms with Crippen molar-refractivity contribution in [3.8, 4) is 0 Å². The van der Waals surface area contributed by atoms with Gasteiger partial charge in [0.15, 0.2) is 0 Å². The van der Waals surface area contributed by atoms with E-state index in [-0.39, 0.29) is 30.3 Å². The zero-order chi connectivity index (χ0) is 17.3. The lowest BCUT2D eigenvalue weighted by molar-refractivity contribution is -0.138. The van der Waals surface area contributed by atoms with Crippen LogP contribution in [0.2, 0.25) is 0 Å². The lowest BCUT2D eigenvalue weighted by Crippen LogP contribution is -2.43. The molecule has 1 saturated heterocycles. The number of carbonyl (C=O) groups excluding carboxylic acids is 3. The summed E-state index contributed by atoms with van der Waals surface area (Å²) in [6.45, 7) is 0.585. The minimum absolute atomic E-state index is 0.0404. The molecule has 2 heterocycles. The fourth-order valence-corrected chi connectivity index (χ4v) is 4.24. The summed E-state index contributed by atoms with van der Waals surface area (Å²) in [5.41, 5.74) is 1.12. The number of hydrogen-bond acceptors (Lipinski definition) is 4. The molecule has 0 spiro atoms. The van der Waals surface area contributed by atoms with Crippen molar-refractivity contribution in [2.45, 2.75) is 50.7 Å². The molecule has 4 amide bonds. The van der Waals surface area contributed by atoms with Crippen LogP contribution in [-0.4, -0.2) is 58.7 Å². The van der Waals surface area contributed by atoms with Crippen LogP contribution in [0.15, 0.2) is 16.8 Å². The number of carbonyl (C=O) groups is 3. The highest BCUT2D eigenvalue weighted by molar-refractivity contribution is 7.07. The standard InChI is InChI=1S/C17H23N3O3S/c1-18-14(16(22)19(2)17(18)23)9-15(21)20(13-5-3-4-6-13)10-12-7-8-24-11-12/h7-8,11,13-14H,3-6,9-10H2,1-2H3/t14-/m0/s1. The Labute approximate surface area is 146 Å². The summed E-state index contributed by atoms with van der Waals surface area (Å²) in [6, 6.07) is 1.25. The molecule has 0 unspecified atom stereocenters. The van der Waals surface area contributed by atoms with E-state index < -0.39 is 6.04 Å². The largest absolute Gasteiger partial charge is 0.335 e. The van der Waals surface area contributed by atoms with Gasteiger partial charge in [-0.25, -0.2) is 4.79 Å². The van der Waals surface area contributed by atoms with Crippen molar-refractivity contribution in [2.75, 3.05) is 14.1 Å². The van der Waals surface area contributed by atoms with Gasteiger partial charge in [-0.1, -0.05) is 12.8 Å². The van der Waals surface area contributed by atoms with Gasteiger partial charge in [-0.3, -0.25) is 14.5 Å². The van der Waals surface area contributed by atoms with E-state index in [1.54, 1.807) is 18.4 Å². The topological polar surface area (TPSA) is 60.9 Å². The van der Waals surface area contributed by atoms with Gasteiger partial charge in [0.25, 0.3) is 5.91 Å². The van der Waals surface area contributed by atoms with Crippen molar-refractivity contribution in [3.63, 3.8) is 0 Å². The third kappa shape index (κ3) is 3.17. The van der Waals surface area contributed by atoms with Crippen molar-refractivity contribution in [1.82, 2.24) is 14.7 Å². The maximum atomic E-state index is 12.9. The molecule has 1 aromatic heterocycles. The number of likely N-dealkylation sites (N-methyl/N-ethyl adjacent to an activating group) is 2. The van der Waals surface area contributed by atoms with E-state index in [1.165, 1.54) is 11.9 Å². The number of urea groups is 1. The summed E-state index contributed by atoms with van der Waals surface area (Å²) in [5.74, 6) is -0.334. The average Bonchev–Trinajstić information content (AvgIpc) is 3.30. The average molecular weight is 349 g/mol. The van der Waals surface area contributed by atoms with E-state index in [4.69, 9.17) is 0 Å². The Morgan fingerprint density at radius 3 is 2.54 bits per heavy atom. The summed E-state index contributed by atoms with van der Waals surface area (Å²) in [4.78, 5) is 41.4. The van der Waals surface area contributed by atoms with Crippen LogP contribution in [-0.2, 0) is 16.1 Å². The molecule has 0 radical (unpaired) electrons. The van der Waals surface area contributed by atoms with Crippen LogP contribution in [0.1, 0.15) is 37.7 Å². The molecule has 1 atom stereocenters. The molecule has 0 bridgehead atoms. The van der Waals surface area contributed by atoms with E-state index in [2.05, 4.69) is 5.38 Å². The van der Waals surface area contributed by atoms with Crippen LogP contribution in [0.3, 0.4) is 0 Å². The zero-order valence-electron chi connectivity index (χ0n) is 14.1. The molecule has 1 aromatic rings. The number of hydrogen-bond donors (Lipinski definition) is 0. The molecular formula is C17H23N3O3S. The molecule has 6 nitrogen and oxygen atoms in total. The van der Waals surface area contributed by atoms with E-state index in [9.17, 15) is 14.4 Å². The molecule has 0 aromatic carbocycles. The van der Waals surface area contributed by atoms with Crippen molar-refractivity contribution in [2.24, 2.45) is 0 Å². The van der Waals surface area contributed by atoms with Gasteiger partial charge < -0.3 is 9.80 Å². The summed E-state index contributed by atoms with van der Waals surface area (Å²) in [5, 5.41) is 4.06. The summed E-state index contributed by atoms with van der Waals surface area (Å²) in [6.07, 6.45) is 4.38. The highest BCUT2D eigenvalue weighted by atomic mass is 32.1. The van der Waals surface area contributed by atoms with Crippen LogP contribution in [0.4, 0.5) is 4.79 Å². The number of rotatable bonds is 5. The van der Waals surface area contributed by atoms with Gasteiger partial charge in [0.1, 0.15) is 6.04 Å². The van der Waals surface area contributed by atoms with Crippen LogP contribution >= 0.6 is 11.3 Å². The molecular weight excluding hydrogens is 326 g/mol. The van der Waals surface area contributed by atoms with E-state index >= 15 is 0 Å². The van der Waals surface area contributed by atoms with Crippen LogP contribution in [0, 0.1) is 0 Å². The van der Waals surface area contributed by atoms with E-state index in [1.807, 2.05) is 16.3 Å². The number of thiophene rings is 1. The lowest BCUT2D eigenvalue weighted by Gasteiger charge is -2.30. The first-order valence-corrected chi connectivity index (χ1v) is 9.28. The van der Waals surface area contributed by atoms with Crippen LogP contribution < -0.4 is 0 Å². The first-order valence-electron chi connectivity index (χ1n) is 8.34. The highest BCUT2D eigenvalue weighted by Crippen LogP contribution is 2.27. The number of amides is 4. The quantitative estimate of drug-likeness (QED) is 0.767. The second-order valence-electron chi connectivity index (χ2n) is 6.60. The fraction of sp³-hybridized carbons (Fsp3) is 0.588. The first kappa shape index (κ1) is 17.0. The maximum Gasteiger partial charge on any atom is 0.326 e. The Morgan fingerprint density at radius 1 is 1.29 bits per heavy atom. The minimum Gasteiger partial charge on any atom is -0.335 e. The maximum absolute atomic E-state index is 12.9. The molecule has 1 aliphatic carbocycles. The summed E-state index contributed by atoms with van der Waals surface area (Å²) >= 11 is 1.62. The van der Waals surface area contributed by atoms with Crippen molar-refractivity contribution in [3.05, 3.63) is 22.4 Å². The number of imide groups is 1. The number of nitrogens with zero attached hydrogens (tertiary/aromatic N) is 3. The van der Waals surface area contributed by atoms with Gasteiger partial charge in [-0.15, -0.1) is 0 Å². The monoisotopic (exact) mass is 349 g/mol. The Kier molecular flexibility index (Phi) is 4.89. The first-order chi connectivity index (χ1) is 11.5. The van der Waals surface area contributed by atoms with Gasteiger partial charge in [0.05, 0.1) is 6.42 Å². The van der Waals surface area contributed by atoms with Crippen LogP contribution in [0.25, 0.3) is 0 Å². The second-order valence-corrected chi connectivity index (χ2v) is 7.38. The predicted molar refractivity (Wildman–Crippen MR) is 91.5 cm³/mol. The van der Waals surface area contributed by atoms with Crippen molar-refractivity contribution in [1.29, 1.82) is 0 Å². The molecule has 0 N–H and O–H groups in total. The molecule has 1 aliphatic heterocycles. The van der Waals surface area contributed by atoms with Crippen molar-refractivity contribution < 1.29 is 14.4 Å². The van der Waals surface area contributed by atoms with E-state index in [0.717, 1.165) is 36.1 Å². The lowest BCUT2D eigenvalue weighted by atomic mass is 10.1. The fourth-order valence-electron chi connectivity index (χ4n) is 3.58. The third-order valence-corrected chi connectivity index (χ3v) is 5.79. The molecule has 130 valence electrons. The smallest absolute Gasteiger partial charge is 0.326 e.